The monoisotopic (exact) mass is 338 g/mol. The first-order chi connectivity index (χ1) is 10.2. The van der Waals surface area contributed by atoms with Crippen molar-refractivity contribution in [1.82, 2.24) is 0 Å². The van der Waals surface area contributed by atoms with Crippen LogP contribution in [-0.4, -0.2) is 46.1 Å². The van der Waals surface area contributed by atoms with Crippen LogP contribution in [0.1, 0.15) is 59.3 Å². The Hall–Kier alpha value is 0.407. The van der Waals surface area contributed by atoms with E-state index in [1.54, 1.807) is 0 Å². The van der Waals surface area contributed by atoms with Crippen LogP contribution in [0.4, 0.5) is 0 Å². The Morgan fingerprint density at radius 2 is 1.38 bits per heavy atom. The Bertz CT molecular complexity index is 210. The van der Waals surface area contributed by atoms with Gasteiger partial charge in [-0.15, -0.1) is 0 Å². The molecule has 0 aliphatic carbocycles. The number of hydrogen-bond acceptors (Lipinski definition) is 5. The van der Waals surface area contributed by atoms with Gasteiger partial charge in [0.05, 0.1) is 0 Å². The third-order valence-corrected chi connectivity index (χ3v) is 6.92. The first kappa shape index (κ1) is 21.4. The third-order valence-electron chi connectivity index (χ3n) is 3.21. The number of aliphatic hydroxyl groups excluding tert-OH is 1. The van der Waals surface area contributed by atoms with Crippen molar-refractivity contribution in [2.45, 2.75) is 64.8 Å². The molecule has 0 aliphatic rings. The average molecular weight is 339 g/mol. The van der Waals surface area contributed by atoms with Crippen LogP contribution >= 0.6 is 12.6 Å². The molecule has 21 heavy (non-hydrogen) atoms. The molecule has 0 saturated heterocycles. The molecule has 0 aliphatic heterocycles. The van der Waals surface area contributed by atoms with E-state index in [9.17, 15) is 5.11 Å². The maximum Gasteiger partial charge on any atom is 0.504 e. The van der Waals surface area contributed by atoms with Crippen molar-refractivity contribution in [1.29, 1.82) is 0 Å². The molecule has 0 rings (SSSR count). The largest absolute Gasteiger partial charge is 0.504 e. The van der Waals surface area contributed by atoms with Crippen molar-refractivity contribution < 1.29 is 18.4 Å². The highest BCUT2D eigenvalue weighted by molar-refractivity contribution is 7.80. The number of aliphatic hydroxyl groups is 1. The quantitative estimate of drug-likeness (QED) is 0.353. The molecule has 128 valence electrons. The molecular weight excluding hydrogens is 304 g/mol. The maximum atomic E-state index is 9.41. The van der Waals surface area contributed by atoms with Crippen molar-refractivity contribution in [3.63, 3.8) is 0 Å². The fraction of sp³-hybridized carbons (Fsp3) is 1.00. The summed E-state index contributed by atoms with van der Waals surface area (Å²) in [5, 5.41) is 9.41. The van der Waals surface area contributed by atoms with Gasteiger partial charge in [0.1, 0.15) is 0 Å². The van der Waals surface area contributed by atoms with E-state index >= 15 is 0 Å². The lowest BCUT2D eigenvalue weighted by atomic mass is 10.2. The predicted molar refractivity (Wildman–Crippen MR) is 93.0 cm³/mol. The minimum atomic E-state index is -2.74. The molecule has 0 aromatic heterocycles. The lowest BCUT2D eigenvalue weighted by Crippen LogP contribution is -2.51. The summed E-state index contributed by atoms with van der Waals surface area (Å²) in [6, 6.07) is 0. The van der Waals surface area contributed by atoms with E-state index in [1.807, 2.05) is 0 Å². The van der Waals surface area contributed by atoms with Gasteiger partial charge in [-0.25, -0.2) is 0 Å². The Kier molecular flexibility index (Phi) is 14.3. The van der Waals surface area contributed by atoms with Crippen molar-refractivity contribution >= 4 is 21.4 Å². The topological polar surface area (TPSA) is 47.9 Å². The normalized spacial score (nSPS) is 13.6. The lowest BCUT2D eigenvalue weighted by molar-refractivity contribution is 0.0451. The summed E-state index contributed by atoms with van der Waals surface area (Å²) in [7, 11) is -2.74. The minimum Gasteiger partial charge on any atom is -0.396 e. The van der Waals surface area contributed by atoms with Gasteiger partial charge >= 0.3 is 8.80 Å². The van der Waals surface area contributed by atoms with Crippen molar-refractivity contribution in [2.24, 2.45) is 0 Å². The first-order valence-electron chi connectivity index (χ1n) is 8.34. The Morgan fingerprint density at radius 1 is 0.905 bits per heavy atom. The second-order valence-corrected chi connectivity index (χ2v) is 8.56. The molecule has 0 aromatic carbocycles. The second kappa shape index (κ2) is 14.0. The van der Waals surface area contributed by atoms with Gasteiger partial charge in [-0.2, -0.15) is 12.6 Å². The summed E-state index contributed by atoms with van der Waals surface area (Å²) < 4.78 is 18.5. The van der Waals surface area contributed by atoms with E-state index in [0.717, 1.165) is 37.9 Å². The molecule has 0 radical (unpaired) electrons. The zero-order valence-corrected chi connectivity index (χ0v) is 15.9. The summed E-state index contributed by atoms with van der Waals surface area (Å²) in [6.07, 6.45) is 5.43. The summed E-state index contributed by atoms with van der Waals surface area (Å²) >= 11 is 4.30. The average Bonchev–Trinajstić information content (AvgIpc) is 2.51. The summed E-state index contributed by atoms with van der Waals surface area (Å²) in [5.41, 5.74) is 0.166. The van der Waals surface area contributed by atoms with Crippen LogP contribution in [0.15, 0.2) is 0 Å². The van der Waals surface area contributed by atoms with Gasteiger partial charge in [-0.1, -0.05) is 20.8 Å². The molecule has 1 unspecified atom stereocenters. The number of thiol groups is 1. The van der Waals surface area contributed by atoms with E-state index in [2.05, 4.69) is 33.4 Å². The Balaban J connectivity index is 5.08. The summed E-state index contributed by atoms with van der Waals surface area (Å²) in [5.74, 6) is 0.835. The summed E-state index contributed by atoms with van der Waals surface area (Å²) in [4.78, 5) is 0. The number of hydrogen-bond donors (Lipinski definition) is 2. The zero-order chi connectivity index (χ0) is 16.0. The van der Waals surface area contributed by atoms with Crippen LogP contribution in [0.25, 0.3) is 0 Å². The Morgan fingerprint density at radius 3 is 1.71 bits per heavy atom. The molecule has 0 bridgehead atoms. The highest BCUT2D eigenvalue weighted by atomic mass is 32.1. The van der Waals surface area contributed by atoms with Gasteiger partial charge in [0.2, 0.25) is 0 Å². The third kappa shape index (κ3) is 8.57. The van der Waals surface area contributed by atoms with Gasteiger partial charge in [-0.3, -0.25) is 0 Å². The van der Waals surface area contributed by atoms with Gasteiger partial charge in [-0.05, 0) is 44.3 Å². The minimum absolute atomic E-state index is 0.145. The maximum absolute atomic E-state index is 9.41. The Labute approximate surface area is 137 Å². The van der Waals surface area contributed by atoms with E-state index < -0.39 is 8.80 Å². The van der Waals surface area contributed by atoms with Gasteiger partial charge in [0.25, 0.3) is 0 Å². The highest BCUT2D eigenvalue weighted by Crippen LogP contribution is 2.34. The first-order valence-corrected chi connectivity index (χ1v) is 10.8. The fourth-order valence-electron chi connectivity index (χ4n) is 2.20. The van der Waals surface area contributed by atoms with Gasteiger partial charge in [0, 0.05) is 32.0 Å². The molecule has 0 fully saturated rings. The van der Waals surface area contributed by atoms with Crippen LogP contribution < -0.4 is 0 Å². The van der Waals surface area contributed by atoms with Crippen molar-refractivity contribution in [2.75, 3.05) is 32.2 Å². The lowest BCUT2D eigenvalue weighted by Gasteiger charge is -2.36. The molecular formula is C15H34O4SSi. The number of rotatable bonds is 15. The van der Waals surface area contributed by atoms with Crippen LogP contribution in [0.5, 0.6) is 0 Å². The molecule has 0 aromatic rings. The van der Waals surface area contributed by atoms with E-state index in [4.69, 9.17) is 13.3 Å². The fourth-order valence-corrected chi connectivity index (χ4v) is 5.85. The molecule has 0 saturated carbocycles. The zero-order valence-electron chi connectivity index (χ0n) is 14.0. The molecule has 0 amide bonds. The predicted octanol–water partition coefficient (Wildman–Crippen LogP) is 3.67. The van der Waals surface area contributed by atoms with E-state index in [0.29, 0.717) is 26.2 Å². The molecule has 0 spiro atoms. The summed E-state index contributed by atoms with van der Waals surface area (Å²) in [6.45, 7) is 8.38. The van der Waals surface area contributed by atoms with E-state index in [-0.39, 0.29) is 12.1 Å². The standard InChI is InChI=1S/C15H34O4SSi/c1-4-11-17-21(18-12-5-2,19-13-6-3)15(9-10-16)8-7-14-20/h15-16,20H,4-14H2,1-3H3. The molecule has 4 nitrogen and oxygen atoms in total. The van der Waals surface area contributed by atoms with Crippen molar-refractivity contribution in [3.05, 3.63) is 0 Å². The molecule has 1 N–H and O–H groups in total. The SMILES string of the molecule is CCCO[Si](OCCC)(OCCC)C(CCO)CCCS. The van der Waals surface area contributed by atoms with Crippen LogP contribution in [0.2, 0.25) is 5.54 Å². The van der Waals surface area contributed by atoms with Crippen LogP contribution in [0.3, 0.4) is 0 Å². The van der Waals surface area contributed by atoms with E-state index in [1.165, 1.54) is 0 Å². The van der Waals surface area contributed by atoms with Crippen LogP contribution in [-0.2, 0) is 13.3 Å². The molecule has 1 atom stereocenters. The van der Waals surface area contributed by atoms with Crippen LogP contribution in [0, 0.1) is 0 Å². The van der Waals surface area contributed by atoms with Gasteiger partial charge in [0.15, 0.2) is 0 Å². The second-order valence-electron chi connectivity index (χ2n) is 5.22. The molecule has 0 heterocycles. The van der Waals surface area contributed by atoms with Gasteiger partial charge < -0.3 is 18.4 Å². The van der Waals surface area contributed by atoms with Crippen molar-refractivity contribution in [3.8, 4) is 0 Å². The highest BCUT2D eigenvalue weighted by Gasteiger charge is 2.48. The smallest absolute Gasteiger partial charge is 0.396 e. The molecule has 6 heteroatoms.